The first-order valence-corrected chi connectivity index (χ1v) is 7.99. The zero-order valence-electron chi connectivity index (χ0n) is 13.9. The van der Waals surface area contributed by atoms with Crippen LogP contribution in [0.2, 0.25) is 0 Å². The molecule has 1 N–H and O–H groups in total. The number of aryl methyl sites for hydroxylation is 2. The summed E-state index contributed by atoms with van der Waals surface area (Å²) in [6.07, 6.45) is 5.87. The number of hydrogen-bond donors (Lipinski definition) is 1. The minimum absolute atomic E-state index is 0.160. The molecule has 1 aromatic carbocycles. The standard InChI is InChI=1S/C18H21FN4O/c1-22(7-3-4-13-10-20-23(2)11-13)12-15-8-14-5-6-16(19)9-17(14)21-18(15)24/h5-6,8-11H,3-4,7,12H2,1-2H3,(H,21,24). The van der Waals surface area contributed by atoms with Crippen LogP contribution in [-0.2, 0) is 20.0 Å². The lowest BCUT2D eigenvalue weighted by Crippen LogP contribution is -2.24. The van der Waals surface area contributed by atoms with E-state index in [9.17, 15) is 9.18 Å². The molecule has 0 amide bonds. The summed E-state index contributed by atoms with van der Waals surface area (Å²) in [5.41, 5.74) is 2.28. The highest BCUT2D eigenvalue weighted by Crippen LogP contribution is 2.13. The zero-order chi connectivity index (χ0) is 17.1. The number of aromatic amines is 1. The largest absolute Gasteiger partial charge is 0.322 e. The molecular formula is C18H21FN4O. The van der Waals surface area contributed by atoms with Gasteiger partial charge in [-0.3, -0.25) is 9.48 Å². The lowest BCUT2D eigenvalue weighted by Gasteiger charge is -2.16. The van der Waals surface area contributed by atoms with Crippen LogP contribution >= 0.6 is 0 Å². The van der Waals surface area contributed by atoms with E-state index in [1.54, 1.807) is 10.7 Å². The average molecular weight is 328 g/mol. The highest BCUT2D eigenvalue weighted by atomic mass is 19.1. The molecule has 126 valence electrons. The van der Waals surface area contributed by atoms with Crippen molar-refractivity contribution in [3.63, 3.8) is 0 Å². The molecule has 5 nitrogen and oxygen atoms in total. The second-order valence-electron chi connectivity index (χ2n) is 6.22. The number of hydrogen-bond acceptors (Lipinski definition) is 3. The van der Waals surface area contributed by atoms with E-state index < -0.39 is 0 Å². The lowest BCUT2D eigenvalue weighted by molar-refractivity contribution is 0.321. The zero-order valence-corrected chi connectivity index (χ0v) is 13.9. The van der Waals surface area contributed by atoms with Crippen LogP contribution in [0.5, 0.6) is 0 Å². The molecular weight excluding hydrogens is 307 g/mol. The van der Waals surface area contributed by atoms with Crippen molar-refractivity contribution in [1.29, 1.82) is 0 Å². The highest BCUT2D eigenvalue weighted by molar-refractivity contribution is 5.78. The van der Waals surface area contributed by atoms with Gasteiger partial charge in [0.05, 0.1) is 11.7 Å². The molecule has 0 aliphatic heterocycles. The van der Waals surface area contributed by atoms with Gasteiger partial charge in [-0.2, -0.15) is 5.10 Å². The molecule has 0 fully saturated rings. The number of fused-ring (bicyclic) bond motifs is 1. The third-order valence-corrected chi connectivity index (χ3v) is 4.09. The third-order valence-electron chi connectivity index (χ3n) is 4.09. The van der Waals surface area contributed by atoms with Crippen LogP contribution < -0.4 is 5.56 Å². The predicted octanol–water partition coefficient (Wildman–Crippen LogP) is 2.47. The number of rotatable bonds is 6. The molecule has 2 aromatic heterocycles. The summed E-state index contributed by atoms with van der Waals surface area (Å²) in [6.45, 7) is 1.45. The lowest BCUT2D eigenvalue weighted by atomic mass is 10.1. The molecule has 3 rings (SSSR count). The molecule has 0 unspecified atom stereocenters. The topological polar surface area (TPSA) is 53.9 Å². The SMILES string of the molecule is CN(CCCc1cnn(C)c1)Cc1cc2ccc(F)cc2[nH]c1=O. The van der Waals surface area contributed by atoms with Crippen LogP contribution in [-0.4, -0.2) is 33.3 Å². The Labute approximate surface area is 139 Å². The van der Waals surface area contributed by atoms with Gasteiger partial charge in [-0.15, -0.1) is 0 Å². The Hall–Kier alpha value is -2.47. The normalized spacial score (nSPS) is 11.5. The summed E-state index contributed by atoms with van der Waals surface area (Å²) in [7, 11) is 3.91. The van der Waals surface area contributed by atoms with Gasteiger partial charge in [0.15, 0.2) is 0 Å². The van der Waals surface area contributed by atoms with Crippen molar-refractivity contribution in [3.8, 4) is 0 Å². The maximum absolute atomic E-state index is 13.2. The molecule has 6 heteroatoms. The van der Waals surface area contributed by atoms with Gasteiger partial charge in [-0.25, -0.2) is 4.39 Å². The molecule has 3 aromatic rings. The van der Waals surface area contributed by atoms with Crippen LogP contribution in [0, 0.1) is 5.82 Å². The van der Waals surface area contributed by atoms with Crippen molar-refractivity contribution in [2.45, 2.75) is 19.4 Å². The summed E-state index contributed by atoms with van der Waals surface area (Å²) in [5, 5.41) is 5.00. The predicted molar refractivity (Wildman–Crippen MR) is 92.4 cm³/mol. The Morgan fingerprint density at radius 3 is 2.92 bits per heavy atom. The van der Waals surface area contributed by atoms with Crippen LogP contribution in [0.15, 0.2) is 41.5 Å². The molecule has 0 saturated heterocycles. The molecule has 0 aliphatic rings. The molecule has 0 spiro atoms. The maximum Gasteiger partial charge on any atom is 0.252 e. The fourth-order valence-corrected chi connectivity index (χ4v) is 2.86. The van der Waals surface area contributed by atoms with Crippen molar-refractivity contribution >= 4 is 10.9 Å². The molecule has 24 heavy (non-hydrogen) atoms. The summed E-state index contributed by atoms with van der Waals surface area (Å²) in [4.78, 5) is 17.0. The van der Waals surface area contributed by atoms with Gasteiger partial charge < -0.3 is 9.88 Å². The summed E-state index contributed by atoms with van der Waals surface area (Å²) >= 11 is 0. The Bertz CT molecular complexity index is 899. The smallest absolute Gasteiger partial charge is 0.252 e. The number of pyridine rings is 1. The third kappa shape index (κ3) is 3.89. The van der Waals surface area contributed by atoms with Gasteiger partial charge in [-0.1, -0.05) is 0 Å². The number of halogens is 1. The fourth-order valence-electron chi connectivity index (χ4n) is 2.86. The quantitative estimate of drug-likeness (QED) is 0.756. The Balaban J connectivity index is 1.62. The Morgan fingerprint density at radius 2 is 2.17 bits per heavy atom. The van der Waals surface area contributed by atoms with Crippen molar-refractivity contribution in [2.75, 3.05) is 13.6 Å². The second kappa shape index (κ2) is 6.97. The Morgan fingerprint density at radius 1 is 1.33 bits per heavy atom. The van der Waals surface area contributed by atoms with Crippen LogP contribution in [0.3, 0.4) is 0 Å². The molecule has 0 saturated carbocycles. The van der Waals surface area contributed by atoms with E-state index in [-0.39, 0.29) is 11.4 Å². The van der Waals surface area contributed by atoms with Gasteiger partial charge >= 0.3 is 0 Å². The molecule has 0 bridgehead atoms. The Kier molecular flexibility index (Phi) is 4.76. The minimum atomic E-state index is -0.349. The number of nitrogens with one attached hydrogen (secondary N) is 1. The van der Waals surface area contributed by atoms with Crippen molar-refractivity contribution in [3.05, 3.63) is 64.0 Å². The molecule has 0 atom stereocenters. The average Bonchev–Trinajstić information content (AvgIpc) is 2.94. The van der Waals surface area contributed by atoms with Crippen LogP contribution in [0.25, 0.3) is 10.9 Å². The minimum Gasteiger partial charge on any atom is -0.322 e. The van der Waals surface area contributed by atoms with Gasteiger partial charge in [0.25, 0.3) is 5.56 Å². The van der Waals surface area contributed by atoms with E-state index in [4.69, 9.17) is 0 Å². The summed E-state index contributed by atoms with van der Waals surface area (Å²) in [6, 6.07) is 6.28. The number of benzene rings is 1. The second-order valence-corrected chi connectivity index (χ2v) is 6.22. The van der Waals surface area contributed by atoms with Crippen molar-refractivity contribution in [1.82, 2.24) is 19.7 Å². The molecule has 0 aliphatic carbocycles. The van der Waals surface area contributed by atoms with Crippen molar-refractivity contribution < 1.29 is 4.39 Å². The van der Waals surface area contributed by atoms with E-state index in [0.29, 0.717) is 17.6 Å². The first kappa shape index (κ1) is 16.4. The number of aromatic nitrogens is 3. The van der Waals surface area contributed by atoms with Gasteiger partial charge in [-0.05, 0) is 61.6 Å². The van der Waals surface area contributed by atoms with E-state index >= 15 is 0 Å². The summed E-state index contributed by atoms with van der Waals surface area (Å²) < 4.78 is 15.0. The maximum atomic E-state index is 13.2. The van der Waals surface area contributed by atoms with Crippen LogP contribution in [0.4, 0.5) is 4.39 Å². The highest BCUT2D eigenvalue weighted by Gasteiger charge is 2.07. The van der Waals surface area contributed by atoms with E-state index in [1.807, 2.05) is 32.6 Å². The van der Waals surface area contributed by atoms with E-state index in [2.05, 4.69) is 15.0 Å². The van der Waals surface area contributed by atoms with Crippen molar-refractivity contribution in [2.24, 2.45) is 7.05 Å². The first-order valence-electron chi connectivity index (χ1n) is 7.99. The number of H-pyrrole nitrogens is 1. The van der Waals surface area contributed by atoms with E-state index in [1.165, 1.54) is 17.7 Å². The summed E-state index contributed by atoms with van der Waals surface area (Å²) in [5.74, 6) is -0.349. The fraction of sp³-hybridized carbons (Fsp3) is 0.333. The monoisotopic (exact) mass is 328 g/mol. The van der Waals surface area contributed by atoms with Gasteiger partial charge in [0.2, 0.25) is 0 Å². The van der Waals surface area contributed by atoms with Gasteiger partial charge in [0.1, 0.15) is 5.82 Å². The van der Waals surface area contributed by atoms with Crippen LogP contribution in [0.1, 0.15) is 17.5 Å². The van der Waals surface area contributed by atoms with E-state index in [0.717, 1.165) is 24.8 Å². The molecule has 2 heterocycles. The first-order chi connectivity index (χ1) is 11.5. The van der Waals surface area contributed by atoms with Gasteiger partial charge in [0, 0.05) is 25.4 Å². The number of nitrogens with zero attached hydrogens (tertiary/aromatic N) is 3. The molecule has 0 radical (unpaired) electrons.